The first-order valence-corrected chi connectivity index (χ1v) is 8.17. The highest BCUT2D eigenvalue weighted by Crippen LogP contribution is 2.32. The Morgan fingerprint density at radius 3 is 2.78 bits per heavy atom. The molecule has 23 heavy (non-hydrogen) atoms. The summed E-state index contributed by atoms with van der Waals surface area (Å²) in [5.74, 6) is 0.518. The lowest BCUT2D eigenvalue weighted by molar-refractivity contribution is 0.0933. The van der Waals surface area contributed by atoms with Gasteiger partial charge >= 0.3 is 0 Å². The number of benzene rings is 1. The van der Waals surface area contributed by atoms with Gasteiger partial charge in [-0.25, -0.2) is 0 Å². The molecule has 1 amide bonds. The highest BCUT2D eigenvalue weighted by Gasteiger charge is 2.31. The summed E-state index contributed by atoms with van der Waals surface area (Å²) < 4.78 is 1.96. The van der Waals surface area contributed by atoms with Crippen LogP contribution < -0.4 is 11.1 Å². The van der Waals surface area contributed by atoms with Crippen LogP contribution in [0.15, 0.2) is 30.3 Å². The lowest BCUT2D eigenvalue weighted by Crippen LogP contribution is -2.41. The number of nitrogens with zero attached hydrogens (tertiary/aromatic N) is 2. The quantitative estimate of drug-likeness (QED) is 0.857. The molecule has 1 fully saturated rings. The molecule has 3 rings (SSSR count). The number of aryl methyl sites for hydroxylation is 2. The summed E-state index contributed by atoms with van der Waals surface area (Å²) in [7, 11) is 0. The fourth-order valence-electron chi connectivity index (χ4n) is 2.94. The number of amides is 1. The minimum atomic E-state index is -0.0393. The fraction of sp³-hybridized carbons (Fsp3) is 0.444. The molecule has 0 saturated heterocycles. The zero-order valence-electron chi connectivity index (χ0n) is 13.7. The molecule has 5 nitrogen and oxygen atoms in total. The van der Waals surface area contributed by atoms with Gasteiger partial charge in [0.15, 0.2) is 0 Å². The first kappa shape index (κ1) is 15.7. The molecule has 1 aromatic heterocycles. The van der Waals surface area contributed by atoms with Crippen molar-refractivity contribution in [1.82, 2.24) is 15.1 Å². The summed E-state index contributed by atoms with van der Waals surface area (Å²) in [6.45, 7) is 5.20. The molecule has 122 valence electrons. The van der Waals surface area contributed by atoms with Gasteiger partial charge in [-0.15, -0.1) is 0 Å². The van der Waals surface area contributed by atoms with E-state index in [0.29, 0.717) is 24.6 Å². The number of nitrogens with two attached hydrogens (primary N) is 1. The van der Waals surface area contributed by atoms with E-state index in [4.69, 9.17) is 5.73 Å². The van der Waals surface area contributed by atoms with Crippen LogP contribution in [0, 0.1) is 19.8 Å². The smallest absolute Gasteiger partial charge is 0.251 e. The molecule has 1 atom stereocenters. The summed E-state index contributed by atoms with van der Waals surface area (Å²) >= 11 is 0. The van der Waals surface area contributed by atoms with Crippen LogP contribution in [0.2, 0.25) is 0 Å². The van der Waals surface area contributed by atoms with E-state index in [-0.39, 0.29) is 11.9 Å². The average Bonchev–Trinajstić information content (AvgIpc) is 3.32. The first-order valence-electron chi connectivity index (χ1n) is 8.17. The molecule has 5 heteroatoms. The van der Waals surface area contributed by atoms with Gasteiger partial charge in [0.05, 0.1) is 12.2 Å². The van der Waals surface area contributed by atoms with Crippen molar-refractivity contribution in [3.8, 4) is 0 Å². The van der Waals surface area contributed by atoms with Gasteiger partial charge in [0, 0.05) is 23.8 Å². The van der Waals surface area contributed by atoms with E-state index >= 15 is 0 Å². The molecule has 1 aromatic carbocycles. The summed E-state index contributed by atoms with van der Waals surface area (Å²) in [6, 6.07) is 9.88. The lowest BCUT2D eigenvalue weighted by Gasteiger charge is -2.16. The third kappa shape index (κ3) is 3.79. The van der Waals surface area contributed by atoms with Gasteiger partial charge in [0.2, 0.25) is 0 Å². The average molecular weight is 312 g/mol. The Morgan fingerprint density at radius 1 is 1.39 bits per heavy atom. The predicted molar refractivity (Wildman–Crippen MR) is 90.3 cm³/mol. The van der Waals surface area contributed by atoms with Crippen molar-refractivity contribution >= 4 is 5.91 Å². The lowest BCUT2D eigenvalue weighted by atomic mass is 10.1. The van der Waals surface area contributed by atoms with Crippen LogP contribution >= 0.6 is 0 Å². The second-order valence-corrected chi connectivity index (χ2v) is 6.44. The van der Waals surface area contributed by atoms with Gasteiger partial charge in [-0.05, 0) is 56.4 Å². The van der Waals surface area contributed by atoms with E-state index in [1.165, 1.54) is 12.8 Å². The van der Waals surface area contributed by atoms with Gasteiger partial charge in [0.1, 0.15) is 0 Å². The van der Waals surface area contributed by atoms with E-state index in [1.54, 1.807) is 0 Å². The highest BCUT2D eigenvalue weighted by atomic mass is 16.1. The van der Waals surface area contributed by atoms with E-state index in [0.717, 1.165) is 17.0 Å². The molecule has 1 aliphatic carbocycles. The molecule has 1 unspecified atom stereocenters. The van der Waals surface area contributed by atoms with Crippen LogP contribution in [-0.4, -0.2) is 28.3 Å². The SMILES string of the molecule is Cc1cc(C)n(Cc2cccc(C(=O)NC(CN)C3CC3)c2)n1. The van der Waals surface area contributed by atoms with Gasteiger partial charge < -0.3 is 11.1 Å². The van der Waals surface area contributed by atoms with E-state index in [9.17, 15) is 4.79 Å². The number of carbonyl (C=O) groups excluding carboxylic acids is 1. The molecule has 2 aromatic rings. The number of hydrogen-bond acceptors (Lipinski definition) is 3. The summed E-state index contributed by atoms with van der Waals surface area (Å²) in [5.41, 5.74) is 9.64. The molecular formula is C18H24N4O. The van der Waals surface area contributed by atoms with Crippen molar-refractivity contribution in [2.45, 2.75) is 39.3 Å². The molecule has 1 aliphatic rings. The second kappa shape index (κ2) is 6.54. The molecule has 3 N–H and O–H groups in total. The standard InChI is InChI=1S/C18H24N4O/c1-12-8-13(2)22(21-12)11-14-4-3-5-16(9-14)18(23)20-17(10-19)15-6-7-15/h3-5,8-9,15,17H,6-7,10-11,19H2,1-2H3,(H,20,23). The topological polar surface area (TPSA) is 72.9 Å². The molecule has 1 saturated carbocycles. The normalized spacial score (nSPS) is 15.4. The van der Waals surface area contributed by atoms with E-state index < -0.39 is 0 Å². The summed E-state index contributed by atoms with van der Waals surface area (Å²) in [6.07, 6.45) is 2.33. The van der Waals surface area contributed by atoms with Crippen molar-refractivity contribution in [2.24, 2.45) is 11.7 Å². The molecule has 0 bridgehead atoms. The maximum atomic E-state index is 12.4. The molecule has 0 aliphatic heterocycles. The van der Waals surface area contributed by atoms with E-state index in [2.05, 4.69) is 16.5 Å². The maximum Gasteiger partial charge on any atom is 0.251 e. The van der Waals surface area contributed by atoms with Crippen molar-refractivity contribution in [3.63, 3.8) is 0 Å². The predicted octanol–water partition coefficient (Wildman–Crippen LogP) is 2.02. The monoisotopic (exact) mass is 312 g/mol. The van der Waals surface area contributed by atoms with Gasteiger partial charge in [-0.1, -0.05) is 12.1 Å². The number of aromatic nitrogens is 2. The van der Waals surface area contributed by atoms with E-state index in [1.807, 2.05) is 42.8 Å². The molecule has 1 heterocycles. The number of hydrogen-bond donors (Lipinski definition) is 2. The Balaban J connectivity index is 1.71. The third-order valence-electron chi connectivity index (χ3n) is 4.39. The second-order valence-electron chi connectivity index (χ2n) is 6.44. The summed E-state index contributed by atoms with van der Waals surface area (Å²) in [5, 5.41) is 7.54. The fourth-order valence-corrected chi connectivity index (χ4v) is 2.94. The van der Waals surface area contributed by atoms with Gasteiger partial charge in [0.25, 0.3) is 5.91 Å². The Bertz CT molecular complexity index is 703. The maximum absolute atomic E-state index is 12.4. The minimum Gasteiger partial charge on any atom is -0.348 e. The van der Waals surface area contributed by atoms with Crippen molar-refractivity contribution in [2.75, 3.05) is 6.54 Å². The van der Waals surface area contributed by atoms with Crippen molar-refractivity contribution < 1.29 is 4.79 Å². The van der Waals surface area contributed by atoms with Crippen LogP contribution in [0.1, 0.15) is 40.2 Å². The minimum absolute atomic E-state index is 0.0393. The third-order valence-corrected chi connectivity index (χ3v) is 4.39. The zero-order valence-corrected chi connectivity index (χ0v) is 13.7. The number of nitrogens with one attached hydrogen (secondary N) is 1. The van der Waals surface area contributed by atoms with Crippen LogP contribution in [-0.2, 0) is 6.54 Å². The summed E-state index contributed by atoms with van der Waals surface area (Å²) in [4.78, 5) is 12.4. The Hall–Kier alpha value is -2.14. The molecular weight excluding hydrogens is 288 g/mol. The number of carbonyl (C=O) groups is 1. The van der Waals surface area contributed by atoms with Crippen LogP contribution in [0.25, 0.3) is 0 Å². The number of rotatable bonds is 6. The highest BCUT2D eigenvalue weighted by molar-refractivity contribution is 5.94. The molecule has 0 radical (unpaired) electrons. The van der Waals surface area contributed by atoms with Crippen molar-refractivity contribution in [3.05, 3.63) is 52.8 Å². The molecule has 0 spiro atoms. The van der Waals surface area contributed by atoms with Crippen LogP contribution in [0.5, 0.6) is 0 Å². The zero-order chi connectivity index (χ0) is 16.4. The van der Waals surface area contributed by atoms with Gasteiger partial charge in [-0.3, -0.25) is 9.48 Å². The van der Waals surface area contributed by atoms with Crippen LogP contribution in [0.4, 0.5) is 0 Å². The van der Waals surface area contributed by atoms with Gasteiger partial charge in [-0.2, -0.15) is 5.10 Å². The van der Waals surface area contributed by atoms with Crippen molar-refractivity contribution in [1.29, 1.82) is 0 Å². The Labute approximate surface area is 136 Å². The Morgan fingerprint density at radius 2 is 2.17 bits per heavy atom. The van der Waals surface area contributed by atoms with Crippen LogP contribution in [0.3, 0.4) is 0 Å². The first-order chi connectivity index (χ1) is 11.1. The largest absolute Gasteiger partial charge is 0.348 e. The Kier molecular flexibility index (Phi) is 4.48.